The largest absolute Gasteiger partial charge is 0.506 e. The predicted molar refractivity (Wildman–Crippen MR) is 50.2 cm³/mol. The molecule has 1 aromatic rings. The van der Waals surface area contributed by atoms with E-state index in [2.05, 4.69) is 15.6 Å². The predicted octanol–water partition coefficient (Wildman–Crippen LogP) is -0.0736. The summed E-state index contributed by atoms with van der Waals surface area (Å²) < 4.78 is 2.08. The second-order valence-corrected chi connectivity index (χ2v) is 3.13. The highest BCUT2D eigenvalue weighted by Crippen LogP contribution is 2.07. The lowest BCUT2D eigenvalue weighted by Gasteiger charge is -2.00. The molecule has 0 amide bonds. The zero-order valence-corrected chi connectivity index (χ0v) is 6.94. The highest BCUT2D eigenvalue weighted by atomic mass is 16.3. The van der Waals surface area contributed by atoms with Crippen molar-refractivity contribution < 1.29 is 5.11 Å². The third-order valence-electron chi connectivity index (χ3n) is 2.35. The minimum Gasteiger partial charge on any atom is -0.506 e. The van der Waals surface area contributed by atoms with Gasteiger partial charge in [-0.05, 0) is 18.2 Å². The zero-order valence-electron chi connectivity index (χ0n) is 6.94. The van der Waals surface area contributed by atoms with Crippen molar-refractivity contribution in [1.29, 1.82) is 0 Å². The first-order valence-electron chi connectivity index (χ1n) is 4.21. The van der Waals surface area contributed by atoms with Gasteiger partial charge in [-0.1, -0.05) is 12.2 Å². The lowest BCUT2D eigenvalue weighted by Crippen LogP contribution is -2.28. The van der Waals surface area contributed by atoms with Gasteiger partial charge in [0.15, 0.2) is 0 Å². The molecule has 3 nitrogen and oxygen atoms in total. The summed E-state index contributed by atoms with van der Waals surface area (Å²) in [6, 6.07) is 0. The van der Waals surface area contributed by atoms with Crippen molar-refractivity contribution in [3.63, 3.8) is 0 Å². The van der Waals surface area contributed by atoms with Gasteiger partial charge in [-0.15, -0.1) is 0 Å². The van der Waals surface area contributed by atoms with Crippen LogP contribution in [0.1, 0.15) is 5.69 Å². The van der Waals surface area contributed by atoms with Crippen molar-refractivity contribution in [3.05, 3.63) is 34.8 Å². The fraction of sp³-hybridized carbons (Fsp3) is 0.100. The van der Waals surface area contributed by atoms with Crippen LogP contribution in [0.5, 0.6) is 0 Å². The van der Waals surface area contributed by atoms with E-state index in [1.54, 1.807) is 6.08 Å². The summed E-state index contributed by atoms with van der Waals surface area (Å²) >= 11 is 0. The average molecular weight is 172 g/mol. The molecule has 0 saturated heterocycles. The Morgan fingerprint density at radius 3 is 3.15 bits per heavy atom. The summed E-state index contributed by atoms with van der Waals surface area (Å²) in [4.78, 5) is 4.32. The van der Waals surface area contributed by atoms with E-state index in [9.17, 15) is 5.11 Å². The van der Waals surface area contributed by atoms with E-state index in [-0.39, 0.29) is 5.76 Å². The van der Waals surface area contributed by atoms with Gasteiger partial charge in [0.05, 0.1) is 5.35 Å². The van der Waals surface area contributed by atoms with Crippen molar-refractivity contribution in [2.24, 2.45) is 0 Å². The quantitative estimate of drug-likeness (QED) is 0.594. The first-order valence-corrected chi connectivity index (χ1v) is 4.21. The summed E-state index contributed by atoms with van der Waals surface area (Å²) in [6.07, 6.45) is 9.58. The zero-order chi connectivity index (χ0) is 8.84. The molecule has 1 aliphatic carbocycles. The number of aliphatic hydroxyl groups is 1. The van der Waals surface area contributed by atoms with Crippen molar-refractivity contribution in [3.8, 4) is 0 Å². The molecule has 1 aliphatic heterocycles. The number of aliphatic hydroxyl groups excluding tert-OH is 1. The second-order valence-electron chi connectivity index (χ2n) is 3.13. The normalized spacial score (nSPS) is 17.1. The highest BCUT2D eigenvalue weighted by Gasteiger charge is 2.14. The van der Waals surface area contributed by atoms with Crippen LogP contribution >= 0.6 is 0 Å². The molecule has 0 spiro atoms. The summed E-state index contributed by atoms with van der Waals surface area (Å²) in [7, 11) is 0. The molecule has 3 heteroatoms. The minimum absolute atomic E-state index is 0.269. The van der Waals surface area contributed by atoms with E-state index < -0.39 is 0 Å². The van der Waals surface area contributed by atoms with E-state index in [1.807, 2.05) is 18.2 Å². The molecule has 0 bridgehead atoms. The molecule has 0 unspecified atom stereocenters. The molecule has 2 heterocycles. The molecule has 2 aliphatic rings. The van der Waals surface area contributed by atoms with Crippen LogP contribution in [0.3, 0.4) is 0 Å². The van der Waals surface area contributed by atoms with Crippen LogP contribution in [-0.4, -0.2) is 14.7 Å². The summed E-state index contributed by atoms with van der Waals surface area (Å²) in [5.41, 5.74) is 1.62. The number of nitrogens with zero attached hydrogens (tertiary/aromatic N) is 2. The Labute approximate surface area is 74.6 Å². The second kappa shape index (κ2) is 2.13. The maximum absolute atomic E-state index is 9.45. The molecule has 1 N–H and O–H groups in total. The van der Waals surface area contributed by atoms with Gasteiger partial charge in [0.1, 0.15) is 16.9 Å². The first kappa shape index (κ1) is 6.71. The van der Waals surface area contributed by atoms with Crippen molar-refractivity contribution in [1.82, 2.24) is 9.55 Å². The van der Waals surface area contributed by atoms with Crippen LogP contribution in [0.15, 0.2) is 18.2 Å². The first-order chi connectivity index (χ1) is 6.36. The molecule has 3 rings (SSSR count). The molecule has 64 valence electrons. The Morgan fingerprint density at radius 2 is 2.23 bits per heavy atom. The topological polar surface area (TPSA) is 38.1 Å². The molecule has 13 heavy (non-hydrogen) atoms. The number of aromatic nitrogens is 2. The molecular formula is C10H8N2O. The van der Waals surface area contributed by atoms with Crippen LogP contribution in [0, 0.1) is 0 Å². The lowest BCUT2D eigenvalue weighted by molar-refractivity contribution is 0.510. The maximum atomic E-state index is 9.45. The van der Waals surface area contributed by atoms with Gasteiger partial charge in [-0.2, -0.15) is 0 Å². The third-order valence-corrected chi connectivity index (χ3v) is 2.35. The number of hydrogen-bond donors (Lipinski definition) is 1. The van der Waals surface area contributed by atoms with Gasteiger partial charge >= 0.3 is 0 Å². The smallest absolute Gasteiger partial charge is 0.143 e. The maximum Gasteiger partial charge on any atom is 0.143 e. The fourth-order valence-corrected chi connectivity index (χ4v) is 1.72. The van der Waals surface area contributed by atoms with Crippen LogP contribution < -0.4 is 10.8 Å². The number of allylic oxidation sites excluding steroid dienone is 3. The Kier molecular flexibility index (Phi) is 1.10. The van der Waals surface area contributed by atoms with Crippen LogP contribution in [-0.2, 0) is 6.54 Å². The summed E-state index contributed by atoms with van der Waals surface area (Å²) in [5.74, 6) is 0.269. The van der Waals surface area contributed by atoms with Crippen LogP contribution in [0.25, 0.3) is 17.9 Å². The molecular weight excluding hydrogens is 164 g/mol. The summed E-state index contributed by atoms with van der Waals surface area (Å²) in [6.45, 7) is 0.839. The van der Waals surface area contributed by atoms with Gasteiger partial charge < -0.3 is 9.67 Å². The van der Waals surface area contributed by atoms with E-state index in [0.717, 1.165) is 17.4 Å². The van der Waals surface area contributed by atoms with Gasteiger partial charge in [0.2, 0.25) is 0 Å². The Morgan fingerprint density at radius 1 is 1.31 bits per heavy atom. The van der Waals surface area contributed by atoms with Crippen LogP contribution in [0.4, 0.5) is 0 Å². The highest BCUT2D eigenvalue weighted by molar-refractivity contribution is 5.69. The fourth-order valence-electron chi connectivity index (χ4n) is 1.72. The number of fused-ring (bicyclic) bond motifs is 3. The van der Waals surface area contributed by atoms with E-state index in [1.165, 1.54) is 0 Å². The molecule has 1 aromatic heterocycles. The molecule has 0 atom stereocenters. The standard InChI is InChI=1S/C10H8N2O/c13-8-5-4-7-10(8)11-9-3-1-2-6-12(7)9/h1-5,13H,6H2. The molecule has 0 saturated carbocycles. The van der Waals surface area contributed by atoms with E-state index in [4.69, 9.17) is 0 Å². The number of hydrogen-bond acceptors (Lipinski definition) is 2. The average Bonchev–Trinajstić information content (AvgIpc) is 2.67. The lowest BCUT2D eigenvalue weighted by atomic mass is 10.4. The van der Waals surface area contributed by atoms with E-state index in [0.29, 0.717) is 5.69 Å². The summed E-state index contributed by atoms with van der Waals surface area (Å²) in [5, 5.41) is 10.5. The van der Waals surface area contributed by atoms with Gasteiger partial charge in [-0.25, -0.2) is 4.98 Å². The van der Waals surface area contributed by atoms with E-state index >= 15 is 0 Å². The molecule has 0 aromatic carbocycles. The Balaban J connectivity index is 2.42. The van der Waals surface area contributed by atoms with Crippen molar-refractivity contribution in [2.45, 2.75) is 6.54 Å². The number of imidazole rings is 1. The monoisotopic (exact) mass is 172 g/mol. The minimum atomic E-state index is 0.269. The third kappa shape index (κ3) is 0.758. The molecule has 0 fully saturated rings. The van der Waals surface area contributed by atoms with Crippen molar-refractivity contribution >= 4 is 17.9 Å². The van der Waals surface area contributed by atoms with Crippen LogP contribution in [0.2, 0.25) is 0 Å². The SMILES string of the molecule is OC1=CC=c2c1nc1n2CC=CC=1. The Bertz CT molecular complexity index is 546. The van der Waals surface area contributed by atoms with Crippen molar-refractivity contribution in [2.75, 3.05) is 0 Å². The number of rotatable bonds is 0. The van der Waals surface area contributed by atoms with Gasteiger partial charge in [0, 0.05) is 6.54 Å². The molecule has 0 radical (unpaired) electrons. The Hall–Kier alpha value is -1.77. The van der Waals surface area contributed by atoms with Gasteiger partial charge in [-0.3, -0.25) is 0 Å². The van der Waals surface area contributed by atoms with Gasteiger partial charge in [0.25, 0.3) is 0 Å².